The number of fused-ring (bicyclic) bond motifs is 19. The Labute approximate surface area is 531 Å². The van der Waals surface area contributed by atoms with E-state index in [1.54, 1.807) is 0 Å². The van der Waals surface area contributed by atoms with E-state index in [1.807, 2.05) is 0 Å². The van der Waals surface area contributed by atoms with E-state index < -0.39 is 0 Å². The van der Waals surface area contributed by atoms with Crippen LogP contribution in [0.2, 0.25) is 0 Å². The van der Waals surface area contributed by atoms with Crippen LogP contribution in [0.15, 0.2) is 255 Å². The van der Waals surface area contributed by atoms with Crippen molar-refractivity contribution in [2.45, 2.75) is 47.0 Å². The van der Waals surface area contributed by atoms with Gasteiger partial charge in [0.15, 0.2) is 0 Å². The maximum atomic E-state index is 7.34. The first-order chi connectivity index (χ1) is 45.0. The van der Waals surface area contributed by atoms with E-state index in [4.69, 9.17) is 4.74 Å². The third-order valence-electron chi connectivity index (χ3n) is 20.7. The van der Waals surface area contributed by atoms with Gasteiger partial charge in [-0.1, -0.05) is 160 Å². The summed E-state index contributed by atoms with van der Waals surface area (Å²) in [5.41, 5.74) is 28.5. The molecule has 7 heterocycles. The molecule has 2 aliphatic rings. The van der Waals surface area contributed by atoms with Crippen molar-refractivity contribution in [2.75, 3.05) is 0 Å². The summed E-state index contributed by atoms with van der Waals surface area (Å²) >= 11 is 0. The molecule has 0 spiro atoms. The highest BCUT2D eigenvalue weighted by molar-refractivity contribution is 6.99. The fourth-order valence-electron chi connectivity index (χ4n) is 16.9. The smallest absolute Gasteiger partial charge is 0.256 e. The average molecular weight is 1180 g/mol. The summed E-state index contributed by atoms with van der Waals surface area (Å²) in [4.78, 5) is 0. The van der Waals surface area contributed by atoms with Crippen molar-refractivity contribution in [3.63, 3.8) is 0 Å². The number of hydrogen-bond donors (Lipinski definition) is 0. The van der Waals surface area contributed by atoms with E-state index in [0.29, 0.717) is 0 Å². The van der Waals surface area contributed by atoms with Crippen LogP contribution in [0.25, 0.3) is 149 Å². The standard InChI is InChI=1S/C85H60BN5O/c1-49-39-50(2)82(51(3)40-49)52-31-38-80-68(41-52)86-69-48-57(90-75-30-18-12-24-63(75)65-45-55(33-36-77(65)90)88-72-27-15-9-21-60(72)61-22-10-16-28-73(61)88)47-67-66-46-56(34-37-78(66)91(84(67)69)79-42-53(85(4,5)6)43-81(92-80)83(79)86)89-74-29-17-11-23-62(74)64-44-54(32-35-76(64)89)87-70-25-13-7-19-58(70)59-20-8-14-26-71(59)87/h7-48H,1-6H3. The van der Waals surface area contributed by atoms with Crippen LogP contribution in [0.1, 0.15) is 43.0 Å². The van der Waals surface area contributed by atoms with Gasteiger partial charge in [-0.2, -0.15) is 0 Å². The van der Waals surface area contributed by atoms with Gasteiger partial charge >= 0.3 is 0 Å². The third-order valence-corrected chi connectivity index (χ3v) is 20.7. The second kappa shape index (κ2) is 18.4. The molecule has 0 atom stereocenters. The van der Waals surface area contributed by atoms with Crippen LogP contribution in [0, 0.1) is 20.8 Å². The second-order valence-electron chi connectivity index (χ2n) is 27.0. The highest BCUT2D eigenvalue weighted by Crippen LogP contribution is 2.46. The zero-order valence-corrected chi connectivity index (χ0v) is 52.0. The first-order valence-corrected chi connectivity index (χ1v) is 32.3. The van der Waals surface area contributed by atoms with Crippen molar-refractivity contribution in [3.8, 4) is 51.1 Å². The van der Waals surface area contributed by atoms with Crippen LogP contribution in [-0.2, 0) is 5.41 Å². The van der Waals surface area contributed by atoms with Crippen molar-refractivity contribution in [1.82, 2.24) is 22.8 Å². The summed E-state index contributed by atoms with van der Waals surface area (Å²) in [6.45, 7) is 13.5. The Kier molecular flexibility index (Phi) is 10.3. The third kappa shape index (κ3) is 7.00. The van der Waals surface area contributed by atoms with Crippen molar-refractivity contribution in [1.29, 1.82) is 0 Å². The number of benzene rings is 13. The maximum absolute atomic E-state index is 7.34. The fourth-order valence-corrected chi connectivity index (χ4v) is 16.9. The molecule has 0 fully saturated rings. The molecule has 13 aromatic carbocycles. The molecule has 6 nitrogen and oxygen atoms in total. The number of para-hydroxylation sites is 6. The second-order valence-corrected chi connectivity index (χ2v) is 27.0. The van der Waals surface area contributed by atoms with E-state index in [1.165, 1.54) is 142 Å². The minimum atomic E-state index is -0.162. The Balaban J connectivity index is 0.874. The van der Waals surface area contributed by atoms with Crippen LogP contribution in [-0.4, -0.2) is 29.5 Å². The molecule has 20 rings (SSSR count). The van der Waals surface area contributed by atoms with Gasteiger partial charge in [0.1, 0.15) is 11.5 Å². The molecular formula is C85H60BN5O. The van der Waals surface area contributed by atoms with Crippen molar-refractivity contribution in [2.24, 2.45) is 0 Å². The number of hydrogen-bond acceptors (Lipinski definition) is 1. The highest BCUT2D eigenvalue weighted by atomic mass is 16.5. The molecule has 5 aromatic heterocycles. The van der Waals surface area contributed by atoms with Crippen molar-refractivity contribution < 1.29 is 4.74 Å². The first kappa shape index (κ1) is 51.6. The van der Waals surface area contributed by atoms with Crippen molar-refractivity contribution >= 4 is 132 Å². The number of nitrogens with zero attached hydrogens (tertiary/aromatic N) is 5. The van der Waals surface area contributed by atoms with E-state index in [9.17, 15) is 0 Å². The highest BCUT2D eigenvalue weighted by Gasteiger charge is 2.42. The number of rotatable bonds is 5. The first-order valence-electron chi connectivity index (χ1n) is 32.3. The Bertz CT molecular complexity index is 6200. The van der Waals surface area contributed by atoms with Gasteiger partial charge in [-0.25, -0.2) is 0 Å². The van der Waals surface area contributed by atoms with Gasteiger partial charge < -0.3 is 27.6 Å². The van der Waals surface area contributed by atoms with Crippen LogP contribution >= 0.6 is 0 Å². The van der Waals surface area contributed by atoms with Gasteiger partial charge in [0.05, 0.1) is 49.7 Å². The van der Waals surface area contributed by atoms with Gasteiger partial charge in [-0.05, 0) is 192 Å². The lowest BCUT2D eigenvalue weighted by Crippen LogP contribution is -2.58. The van der Waals surface area contributed by atoms with E-state index >= 15 is 0 Å². The average Bonchev–Trinajstić information content (AvgIpc) is 1.41. The predicted octanol–water partition coefficient (Wildman–Crippen LogP) is 20.0. The Morgan fingerprint density at radius 3 is 1.16 bits per heavy atom. The lowest BCUT2D eigenvalue weighted by atomic mass is 9.34. The fraction of sp³-hybridized carbons (Fsp3) is 0.0824. The maximum Gasteiger partial charge on any atom is 0.256 e. The quantitative estimate of drug-likeness (QED) is 0.158. The Morgan fingerprint density at radius 2 is 0.707 bits per heavy atom. The zero-order valence-electron chi connectivity index (χ0n) is 52.0. The van der Waals surface area contributed by atoms with Crippen LogP contribution in [0.3, 0.4) is 0 Å². The van der Waals surface area contributed by atoms with Crippen LogP contribution < -0.4 is 21.1 Å². The van der Waals surface area contributed by atoms with Gasteiger partial charge in [0.2, 0.25) is 0 Å². The zero-order chi connectivity index (χ0) is 61.2. The van der Waals surface area contributed by atoms with Crippen LogP contribution in [0.4, 0.5) is 0 Å². The molecule has 0 aliphatic carbocycles. The molecule has 2 aliphatic heterocycles. The predicted molar refractivity (Wildman–Crippen MR) is 388 cm³/mol. The monoisotopic (exact) mass is 1180 g/mol. The minimum absolute atomic E-state index is 0.154. The number of aryl methyl sites for hydroxylation is 3. The number of aromatic nitrogens is 5. The molecule has 0 amide bonds. The topological polar surface area (TPSA) is 33.9 Å². The molecular weight excluding hydrogens is 1120 g/mol. The molecule has 434 valence electrons. The van der Waals surface area contributed by atoms with Gasteiger partial charge in [0.25, 0.3) is 6.71 Å². The van der Waals surface area contributed by atoms with E-state index in [0.717, 1.165) is 56.3 Å². The van der Waals surface area contributed by atoms with E-state index in [-0.39, 0.29) is 12.1 Å². The molecule has 18 aromatic rings. The summed E-state index contributed by atoms with van der Waals surface area (Å²) < 4.78 is 19.9. The van der Waals surface area contributed by atoms with Crippen molar-refractivity contribution in [3.05, 3.63) is 277 Å². The molecule has 92 heavy (non-hydrogen) atoms. The summed E-state index contributed by atoms with van der Waals surface area (Å²) in [5, 5.41) is 12.3. The molecule has 0 saturated heterocycles. The normalized spacial score (nSPS) is 13.0. The minimum Gasteiger partial charge on any atom is -0.458 e. The molecule has 0 saturated carbocycles. The lowest BCUT2D eigenvalue weighted by molar-refractivity contribution is 0.483. The summed E-state index contributed by atoms with van der Waals surface area (Å²) in [5.74, 6) is 1.82. The Morgan fingerprint density at radius 1 is 0.315 bits per heavy atom. The SMILES string of the molecule is Cc1cc(C)c(-c2ccc3c(c2)B2c4c(cc(C(C)(C)C)cc4-n4c5ccc(-n6c7ccccc7c7cc(-n8c9ccccc9c9ccccc98)ccc76)cc5c5cc(-n6c7ccccc7c7cc(-n8c9ccccc9c9ccccc98)ccc76)cc2c54)O3)c(C)c1. The van der Waals surface area contributed by atoms with Gasteiger partial charge in [-0.3, -0.25) is 0 Å². The largest absolute Gasteiger partial charge is 0.458 e. The molecule has 0 N–H and O–H groups in total. The van der Waals surface area contributed by atoms with Crippen LogP contribution in [0.5, 0.6) is 11.5 Å². The summed E-state index contributed by atoms with van der Waals surface area (Å²) in [6.07, 6.45) is 0. The molecule has 0 unspecified atom stereocenters. The molecule has 0 radical (unpaired) electrons. The number of ether oxygens (including phenoxy) is 1. The molecule has 0 bridgehead atoms. The van der Waals surface area contributed by atoms with Gasteiger partial charge in [-0.15, -0.1) is 0 Å². The van der Waals surface area contributed by atoms with E-state index in [2.05, 4.69) is 319 Å². The van der Waals surface area contributed by atoms with Gasteiger partial charge in [0, 0.05) is 87.8 Å². The summed E-state index contributed by atoms with van der Waals surface area (Å²) in [6, 6.07) is 96.1. The lowest BCUT2D eigenvalue weighted by Gasteiger charge is -2.35. The molecule has 7 heteroatoms. The summed E-state index contributed by atoms with van der Waals surface area (Å²) in [7, 11) is 0. The Hall–Kier alpha value is -11.3.